The number of aliphatic hydroxyl groups is 1. The molecule has 5 aliphatic rings. The van der Waals surface area contributed by atoms with Gasteiger partial charge in [0.2, 0.25) is 0 Å². The van der Waals surface area contributed by atoms with E-state index in [2.05, 4.69) is 13.8 Å². The van der Waals surface area contributed by atoms with Crippen molar-refractivity contribution in [2.24, 2.45) is 52.8 Å². The van der Waals surface area contributed by atoms with E-state index in [1.54, 1.807) is 0 Å². The minimum Gasteiger partial charge on any atom is -0.389 e. The van der Waals surface area contributed by atoms with Crippen LogP contribution in [0.4, 0.5) is 0 Å². The van der Waals surface area contributed by atoms with Crippen molar-refractivity contribution in [1.29, 1.82) is 0 Å². The van der Waals surface area contributed by atoms with Crippen molar-refractivity contribution >= 4 is 5.78 Å². The first-order chi connectivity index (χ1) is 11.9. The summed E-state index contributed by atoms with van der Waals surface area (Å²) in [4.78, 5) is 12.2. The molecule has 5 saturated carbocycles. The number of rotatable bonds is 2. The highest BCUT2D eigenvalue weighted by atomic mass is 16.3. The van der Waals surface area contributed by atoms with Crippen LogP contribution in [0.2, 0.25) is 0 Å². The molecule has 0 spiro atoms. The average molecular weight is 345 g/mol. The first-order valence-corrected chi connectivity index (χ1v) is 11.1. The fraction of sp³-hybridized carbons (Fsp3) is 0.957. The average Bonchev–Trinajstić information content (AvgIpc) is 3.04. The van der Waals surface area contributed by atoms with Crippen molar-refractivity contribution in [3.05, 3.63) is 0 Å². The number of hydrogen-bond acceptors (Lipinski definition) is 2. The third kappa shape index (κ3) is 2.04. The van der Waals surface area contributed by atoms with Gasteiger partial charge in [0.25, 0.3) is 0 Å². The maximum absolute atomic E-state index is 12.2. The van der Waals surface area contributed by atoms with Gasteiger partial charge in [0.15, 0.2) is 0 Å². The molecular weight excluding hydrogens is 308 g/mol. The Kier molecular flexibility index (Phi) is 3.58. The molecule has 140 valence electrons. The van der Waals surface area contributed by atoms with Gasteiger partial charge in [-0.15, -0.1) is 0 Å². The molecule has 0 heterocycles. The Morgan fingerprint density at radius 2 is 1.64 bits per heavy atom. The molecule has 0 radical (unpaired) electrons. The number of carbonyl (C=O) groups excluding carboxylic acids is 1. The van der Waals surface area contributed by atoms with Crippen LogP contribution >= 0.6 is 0 Å². The van der Waals surface area contributed by atoms with E-state index >= 15 is 0 Å². The van der Waals surface area contributed by atoms with E-state index in [1.165, 1.54) is 44.9 Å². The van der Waals surface area contributed by atoms with E-state index in [0.717, 1.165) is 42.4 Å². The van der Waals surface area contributed by atoms with Gasteiger partial charge in [-0.1, -0.05) is 20.3 Å². The number of Topliss-reactive ketones (excluding diaryl/α,β-unsaturated/α-hetero) is 1. The van der Waals surface area contributed by atoms with Crippen molar-refractivity contribution in [2.75, 3.05) is 0 Å². The summed E-state index contributed by atoms with van der Waals surface area (Å²) in [6.45, 7) is 6.56. The lowest BCUT2D eigenvalue weighted by molar-refractivity contribution is -0.128. The Hall–Kier alpha value is -0.370. The van der Waals surface area contributed by atoms with Crippen LogP contribution in [-0.4, -0.2) is 16.5 Å². The molecule has 0 aromatic carbocycles. The predicted octanol–water partition coefficient (Wildman–Crippen LogP) is 4.84. The van der Waals surface area contributed by atoms with Gasteiger partial charge in [0.1, 0.15) is 5.78 Å². The van der Waals surface area contributed by atoms with Crippen molar-refractivity contribution in [1.82, 2.24) is 0 Å². The summed E-state index contributed by atoms with van der Waals surface area (Å²) in [6.07, 6.45) is 11.3. The van der Waals surface area contributed by atoms with Gasteiger partial charge >= 0.3 is 0 Å². The van der Waals surface area contributed by atoms with Crippen LogP contribution in [-0.2, 0) is 4.79 Å². The maximum Gasteiger partial charge on any atom is 0.133 e. The van der Waals surface area contributed by atoms with Crippen LogP contribution in [0, 0.1) is 52.8 Å². The second-order valence-electron chi connectivity index (χ2n) is 10.7. The van der Waals surface area contributed by atoms with E-state index in [9.17, 15) is 9.90 Å². The molecule has 2 unspecified atom stereocenters. The van der Waals surface area contributed by atoms with E-state index < -0.39 is 0 Å². The lowest BCUT2D eigenvalue weighted by Gasteiger charge is -2.55. The molecule has 1 N–H and O–H groups in total. The van der Waals surface area contributed by atoms with Gasteiger partial charge in [0, 0.05) is 5.92 Å². The first kappa shape index (κ1) is 16.8. The minimum atomic E-state index is -0.279. The predicted molar refractivity (Wildman–Crippen MR) is 98.9 cm³/mol. The fourth-order valence-corrected chi connectivity index (χ4v) is 9.28. The fourth-order valence-electron chi connectivity index (χ4n) is 9.28. The van der Waals surface area contributed by atoms with Gasteiger partial charge < -0.3 is 5.11 Å². The normalized spacial score (nSPS) is 59.4. The zero-order valence-electron chi connectivity index (χ0n) is 16.3. The van der Waals surface area contributed by atoms with Crippen molar-refractivity contribution in [3.63, 3.8) is 0 Å². The summed E-state index contributed by atoms with van der Waals surface area (Å²) in [5.41, 5.74) is 0.0137. The van der Waals surface area contributed by atoms with E-state index in [4.69, 9.17) is 0 Å². The van der Waals surface area contributed by atoms with Gasteiger partial charge in [-0.25, -0.2) is 0 Å². The zero-order valence-corrected chi connectivity index (χ0v) is 16.3. The Bertz CT molecular complexity index is 585. The molecule has 0 aliphatic heterocycles. The molecule has 0 amide bonds. The Morgan fingerprint density at radius 1 is 0.960 bits per heavy atom. The molecule has 0 aromatic heterocycles. The topological polar surface area (TPSA) is 37.3 Å². The summed E-state index contributed by atoms with van der Waals surface area (Å²) in [7, 11) is 0. The summed E-state index contributed by atoms with van der Waals surface area (Å²) in [5, 5.41) is 11.0. The van der Waals surface area contributed by atoms with Crippen LogP contribution in [0.25, 0.3) is 0 Å². The molecular formula is C23H36O2. The van der Waals surface area contributed by atoms with Crippen molar-refractivity contribution in [3.8, 4) is 0 Å². The summed E-state index contributed by atoms with van der Waals surface area (Å²) < 4.78 is 0. The van der Waals surface area contributed by atoms with Crippen LogP contribution in [0.5, 0.6) is 0 Å². The molecule has 25 heavy (non-hydrogen) atoms. The maximum atomic E-state index is 12.2. The standard InChI is InChI=1S/C23H36O2/c1-4-18-21-17-6-5-16-14(15(17)10-12-23(18,21)25)9-11-22(3)19(13(2)24)7-8-20(16)22/h14-21,25H,4-12H2,1-3H3/t14-,15-,16-,17+,18?,19-,20+,21?,22-,23+/m1/s1. The number of carbonyl (C=O) groups is 1. The molecule has 2 nitrogen and oxygen atoms in total. The van der Waals surface area contributed by atoms with Crippen molar-refractivity contribution < 1.29 is 9.90 Å². The van der Waals surface area contributed by atoms with Crippen LogP contribution < -0.4 is 0 Å². The van der Waals surface area contributed by atoms with Crippen molar-refractivity contribution in [2.45, 2.75) is 84.2 Å². The molecule has 0 saturated heterocycles. The Balaban J connectivity index is 1.39. The van der Waals surface area contributed by atoms with Crippen LogP contribution in [0.15, 0.2) is 0 Å². The zero-order chi connectivity index (χ0) is 17.6. The smallest absolute Gasteiger partial charge is 0.133 e. The number of hydrogen-bond donors (Lipinski definition) is 1. The summed E-state index contributed by atoms with van der Waals surface area (Å²) >= 11 is 0. The van der Waals surface area contributed by atoms with E-state index in [0.29, 0.717) is 29.0 Å². The first-order valence-electron chi connectivity index (χ1n) is 11.1. The largest absolute Gasteiger partial charge is 0.389 e. The lowest BCUT2D eigenvalue weighted by atomic mass is 9.49. The number of ketones is 1. The molecule has 5 fully saturated rings. The molecule has 0 bridgehead atoms. The lowest BCUT2D eigenvalue weighted by Crippen LogP contribution is -2.50. The molecule has 5 aliphatic carbocycles. The van der Waals surface area contributed by atoms with Gasteiger partial charge in [0.05, 0.1) is 5.60 Å². The van der Waals surface area contributed by atoms with E-state index in [1.807, 2.05) is 6.92 Å². The highest BCUT2D eigenvalue weighted by molar-refractivity contribution is 5.79. The third-order valence-electron chi connectivity index (χ3n) is 10.2. The summed E-state index contributed by atoms with van der Waals surface area (Å²) in [5.74, 6) is 6.24. The van der Waals surface area contributed by atoms with Crippen LogP contribution in [0.3, 0.4) is 0 Å². The van der Waals surface area contributed by atoms with Gasteiger partial charge in [-0.2, -0.15) is 0 Å². The SMILES string of the molecule is CCC1C2[C@H]3CC[C@@H]4[C@H](CC[C@]5(C)[C@@H](C(C)=O)CC[C@@H]45)[C@H]3CC[C@]12O. The Morgan fingerprint density at radius 3 is 2.36 bits per heavy atom. The second kappa shape index (κ2) is 5.33. The van der Waals surface area contributed by atoms with Gasteiger partial charge in [-0.3, -0.25) is 4.79 Å². The quantitative estimate of drug-likeness (QED) is 0.778. The molecule has 5 rings (SSSR count). The van der Waals surface area contributed by atoms with Gasteiger partial charge in [-0.05, 0) is 105 Å². The van der Waals surface area contributed by atoms with Crippen LogP contribution in [0.1, 0.15) is 78.6 Å². The highest BCUT2D eigenvalue weighted by Crippen LogP contribution is 2.71. The molecule has 2 heteroatoms. The molecule has 0 aromatic rings. The second-order valence-corrected chi connectivity index (χ2v) is 10.7. The Labute approximate surface area is 153 Å². The third-order valence-corrected chi connectivity index (χ3v) is 10.2. The minimum absolute atomic E-state index is 0.279. The highest BCUT2D eigenvalue weighted by Gasteiger charge is 2.70. The number of fused-ring (bicyclic) bond motifs is 7. The monoisotopic (exact) mass is 344 g/mol. The summed E-state index contributed by atoms with van der Waals surface area (Å²) in [6, 6.07) is 0. The van der Waals surface area contributed by atoms with E-state index in [-0.39, 0.29) is 5.60 Å². The molecule has 10 atom stereocenters.